The number of nitriles is 2. The van der Waals surface area contributed by atoms with Crippen LogP contribution in [0.1, 0.15) is 74.4 Å². The zero-order valence-electron chi connectivity index (χ0n) is 24.3. The summed E-state index contributed by atoms with van der Waals surface area (Å²) in [6.45, 7) is 11.8. The third-order valence-electron chi connectivity index (χ3n) is 6.57. The van der Waals surface area contributed by atoms with Crippen molar-refractivity contribution in [3.63, 3.8) is 0 Å². The highest BCUT2D eigenvalue weighted by atomic mass is 32.1. The molecule has 0 fully saturated rings. The van der Waals surface area contributed by atoms with Crippen LogP contribution in [0.25, 0.3) is 0 Å². The molecule has 0 bridgehead atoms. The van der Waals surface area contributed by atoms with Crippen LogP contribution in [0.4, 0.5) is 16.4 Å². The second-order valence-electron chi connectivity index (χ2n) is 9.48. The number of azo groups is 1. The molecule has 11 nitrogen and oxygen atoms in total. The molecule has 1 aromatic carbocycles. The predicted molar refractivity (Wildman–Crippen MR) is 156 cm³/mol. The number of aryl methyl sites for hydroxylation is 1. The summed E-state index contributed by atoms with van der Waals surface area (Å²) in [6, 6.07) is 10.2. The summed E-state index contributed by atoms with van der Waals surface area (Å²) < 4.78 is 11.4. The van der Waals surface area contributed by atoms with Crippen LogP contribution >= 0.6 is 11.3 Å². The normalized spacial score (nSPS) is 12.4. The molecule has 2 rings (SSSR count). The average Bonchev–Trinajstić information content (AvgIpc) is 3.28. The predicted octanol–water partition coefficient (Wildman–Crippen LogP) is 6.05. The van der Waals surface area contributed by atoms with E-state index in [1.807, 2.05) is 19.1 Å². The molecule has 1 aromatic heterocycles. The fraction of sp³-hybridized carbons (Fsp3) is 0.517. The van der Waals surface area contributed by atoms with Gasteiger partial charge in [-0.25, -0.2) is 0 Å². The first-order valence-corrected chi connectivity index (χ1v) is 14.4. The lowest BCUT2D eigenvalue weighted by Gasteiger charge is -2.26. The first-order chi connectivity index (χ1) is 19.7. The molecular weight excluding hydrogens is 544 g/mol. The average molecular weight is 583 g/mol. The maximum absolute atomic E-state index is 11.8. The number of anilines is 1. The zero-order valence-corrected chi connectivity index (χ0v) is 25.1. The SMILES string of the molecule is CCC(CCN(CC)c1ccc(N=Nc2sc(C#N)c(C)c2C#N)c(C)c1)OCCC(C)OC(=O)CCC(=O)ON. The van der Waals surface area contributed by atoms with E-state index in [1.165, 1.54) is 11.3 Å². The van der Waals surface area contributed by atoms with Crippen LogP contribution in [-0.4, -0.2) is 43.8 Å². The van der Waals surface area contributed by atoms with Crippen LogP contribution < -0.4 is 10.8 Å². The molecule has 1 heterocycles. The van der Waals surface area contributed by atoms with Gasteiger partial charge in [0.05, 0.1) is 36.8 Å². The van der Waals surface area contributed by atoms with Crippen LogP contribution in [0.3, 0.4) is 0 Å². The van der Waals surface area contributed by atoms with E-state index in [2.05, 4.69) is 52.0 Å². The Kier molecular flexibility index (Phi) is 13.9. The molecule has 2 N–H and O–H groups in total. The second-order valence-corrected chi connectivity index (χ2v) is 10.5. The summed E-state index contributed by atoms with van der Waals surface area (Å²) in [4.78, 5) is 29.6. The zero-order chi connectivity index (χ0) is 30.4. The Hall–Kier alpha value is -3.84. The van der Waals surface area contributed by atoms with Crippen LogP contribution in [0.2, 0.25) is 0 Å². The molecule has 2 unspecified atom stereocenters. The molecule has 2 aromatic rings. The van der Waals surface area contributed by atoms with E-state index in [4.69, 9.17) is 15.4 Å². The molecule has 220 valence electrons. The summed E-state index contributed by atoms with van der Waals surface area (Å²) in [5.41, 5.74) is 3.73. The van der Waals surface area contributed by atoms with Gasteiger partial charge in [-0.2, -0.15) is 16.4 Å². The topological polar surface area (TPSA) is 163 Å². The number of carbonyl (C=O) groups is 2. The van der Waals surface area contributed by atoms with Gasteiger partial charge in [0.25, 0.3) is 0 Å². The quantitative estimate of drug-likeness (QED) is 0.141. The Morgan fingerprint density at radius 2 is 1.83 bits per heavy atom. The fourth-order valence-electron chi connectivity index (χ4n) is 4.04. The Balaban J connectivity index is 1.90. The van der Waals surface area contributed by atoms with Crippen molar-refractivity contribution in [1.29, 1.82) is 10.5 Å². The van der Waals surface area contributed by atoms with E-state index in [1.54, 1.807) is 13.8 Å². The summed E-state index contributed by atoms with van der Waals surface area (Å²) in [5.74, 6) is 3.64. The largest absolute Gasteiger partial charge is 0.463 e. The molecule has 0 aliphatic rings. The maximum atomic E-state index is 11.8. The molecule has 12 heteroatoms. The molecule has 2 atom stereocenters. The first kappa shape index (κ1) is 33.4. The molecule has 0 amide bonds. The highest BCUT2D eigenvalue weighted by Gasteiger charge is 2.16. The van der Waals surface area contributed by atoms with Crippen molar-refractivity contribution < 1.29 is 23.9 Å². The van der Waals surface area contributed by atoms with E-state index >= 15 is 0 Å². The highest BCUT2D eigenvalue weighted by molar-refractivity contribution is 7.16. The molecular formula is C29H38N6O5S. The molecule has 0 radical (unpaired) electrons. The van der Waals surface area contributed by atoms with Gasteiger partial charge in [-0.3, -0.25) is 9.59 Å². The minimum atomic E-state index is -0.656. The number of benzene rings is 1. The minimum absolute atomic E-state index is 0.0577. The third-order valence-corrected chi connectivity index (χ3v) is 7.65. The van der Waals surface area contributed by atoms with Crippen molar-refractivity contribution in [2.24, 2.45) is 16.1 Å². The lowest BCUT2D eigenvalue weighted by molar-refractivity contribution is -0.154. The number of esters is 1. The van der Waals surface area contributed by atoms with E-state index in [0.717, 1.165) is 37.2 Å². The van der Waals surface area contributed by atoms with Gasteiger partial charge in [0.2, 0.25) is 0 Å². The van der Waals surface area contributed by atoms with E-state index in [9.17, 15) is 20.1 Å². The van der Waals surface area contributed by atoms with Gasteiger partial charge >= 0.3 is 11.9 Å². The molecule has 0 aliphatic heterocycles. The lowest BCUT2D eigenvalue weighted by Crippen LogP contribution is -2.28. The molecule has 0 saturated heterocycles. The van der Waals surface area contributed by atoms with Gasteiger partial charge < -0.3 is 19.2 Å². The van der Waals surface area contributed by atoms with Crippen molar-refractivity contribution in [3.05, 3.63) is 39.8 Å². The molecule has 0 spiro atoms. The summed E-state index contributed by atoms with van der Waals surface area (Å²) in [6.07, 6.45) is 1.77. The van der Waals surface area contributed by atoms with E-state index < -0.39 is 11.9 Å². The van der Waals surface area contributed by atoms with Crippen LogP contribution in [-0.2, 0) is 23.9 Å². The summed E-state index contributed by atoms with van der Waals surface area (Å²) in [7, 11) is 0. The first-order valence-electron chi connectivity index (χ1n) is 13.6. The molecule has 0 aliphatic carbocycles. The number of nitrogens with two attached hydrogens (primary N) is 1. The standard InChI is InChI=1S/C29H38N6O5S/c1-6-23(38-15-13-20(4)39-27(36)10-11-28(37)40-32)12-14-35(7-2)22-8-9-25(19(3)16-22)33-34-29-24(17-30)21(5)26(18-31)41-29/h8-9,16,20,23H,6-7,10-15,32H2,1-5H3. The van der Waals surface area contributed by atoms with Gasteiger partial charge in [-0.15, -0.1) is 21.6 Å². The monoisotopic (exact) mass is 582 g/mol. The number of rotatable bonds is 16. The molecule has 41 heavy (non-hydrogen) atoms. The number of hydrogen-bond acceptors (Lipinski definition) is 12. The lowest BCUT2D eigenvalue weighted by atomic mass is 10.1. The number of ether oxygens (including phenoxy) is 2. The van der Waals surface area contributed by atoms with Crippen molar-refractivity contribution in [2.45, 2.75) is 78.9 Å². The summed E-state index contributed by atoms with van der Waals surface area (Å²) >= 11 is 1.17. The smallest absolute Gasteiger partial charge is 0.325 e. The Morgan fingerprint density at radius 3 is 2.44 bits per heavy atom. The maximum Gasteiger partial charge on any atom is 0.325 e. The van der Waals surface area contributed by atoms with Crippen molar-refractivity contribution in [3.8, 4) is 12.1 Å². The van der Waals surface area contributed by atoms with Gasteiger partial charge in [0, 0.05) is 25.2 Å². The highest BCUT2D eigenvalue weighted by Crippen LogP contribution is 2.36. The Labute approximate surface area is 245 Å². The number of carbonyl (C=O) groups excluding carboxylic acids is 2. The van der Waals surface area contributed by atoms with Crippen LogP contribution in [0, 0.1) is 36.5 Å². The Bertz CT molecular complexity index is 1300. The summed E-state index contributed by atoms with van der Waals surface area (Å²) in [5, 5.41) is 27.7. The van der Waals surface area contributed by atoms with Crippen LogP contribution in [0.5, 0.6) is 0 Å². The van der Waals surface area contributed by atoms with Crippen LogP contribution in [0.15, 0.2) is 28.4 Å². The van der Waals surface area contributed by atoms with Crippen molar-refractivity contribution >= 4 is 39.7 Å². The second kappa shape index (κ2) is 17.1. The van der Waals surface area contributed by atoms with Gasteiger partial charge in [0.15, 0.2) is 5.00 Å². The van der Waals surface area contributed by atoms with E-state index in [0.29, 0.717) is 39.7 Å². The molecule has 0 saturated carbocycles. The van der Waals surface area contributed by atoms with Gasteiger partial charge in [0.1, 0.15) is 23.1 Å². The number of hydrogen-bond donors (Lipinski definition) is 1. The van der Waals surface area contributed by atoms with Gasteiger partial charge in [-0.1, -0.05) is 6.92 Å². The minimum Gasteiger partial charge on any atom is -0.463 e. The van der Waals surface area contributed by atoms with E-state index in [-0.39, 0.29) is 25.0 Å². The number of nitrogens with zero attached hydrogens (tertiary/aromatic N) is 5. The number of thiophene rings is 1. The third kappa shape index (κ3) is 10.3. The van der Waals surface area contributed by atoms with Gasteiger partial charge in [-0.05, 0) is 69.9 Å². The fourth-order valence-corrected chi connectivity index (χ4v) is 4.91. The van der Waals surface area contributed by atoms with Crippen molar-refractivity contribution in [2.75, 3.05) is 24.6 Å². The Morgan fingerprint density at radius 1 is 1.10 bits per heavy atom. The van der Waals surface area contributed by atoms with Crippen molar-refractivity contribution in [1.82, 2.24) is 0 Å².